The molecule has 0 radical (unpaired) electrons. The molecule has 0 aliphatic carbocycles. The Bertz CT molecular complexity index is 1820. The number of phosphoric acid groups is 1. The molecule has 0 bridgehead atoms. The summed E-state index contributed by atoms with van der Waals surface area (Å²) in [7, 11) is 1.15. The van der Waals surface area contributed by atoms with Gasteiger partial charge in [0.25, 0.3) is 7.82 Å². The zero-order valence-corrected chi connectivity index (χ0v) is 56.9. The third-order valence-corrected chi connectivity index (χ3v) is 16.2. The number of allylic oxidation sites excluding steroid dienone is 17. The van der Waals surface area contributed by atoms with E-state index < -0.39 is 26.6 Å². The van der Waals surface area contributed by atoms with E-state index in [4.69, 9.17) is 13.8 Å². The number of ether oxygens (including phenoxy) is 1. The lowest BCUT2D eigenvalue weighted by Crippen LogP contribution is -2.47. The van der Waals surface area contributed by atoms with Gasteiger partial charge in [0.1, 0.15) is 19.3 Å². The summed E-state index contributed by atoms with van der Waals surface area (Å²) in [6.45, 7) is 6.68. The number of carbonyl (C=O) groups is 2. The lowest BCUT2D eigenvalue weighted by atomic mass is 10.0. The molecule has 0 saturated heterocycles. The van der Waals surface area contributed by atoms with Crippen LogP contribution in [0.15, 0.2) is 109 Å². The second-order valence-electron chi connectivity index (χ2n) is 24.6. The summed E-state index contributed by atoms with van der Waals surface area (Å²) in [6, 6.07) is -0.913. The molecule has 10 heteroatoms. The van der Waals surface area contributed by atoms with E-state index in [0.29, 0.717) is 23.9 Å². The monoisotopic (exact) mass is 1200 g/mol. The van der Waals surface area contributed by atoms with E-state index in [-0.39, 0.29) is 24.9 Å². The van der Waals surface area contributed by atoms with E-state index in [1.807, 2.05) is 33.3 Å². The van der Waals surface area contributed by atoms with Gasteiger partial charge < -0.3 is 28.5 Å². The smallest absolute Gasteiger partial charge is 0.306 e. The number of unbranched alkanes of at least 4 members (excludes halogenated alkanes) is 31. The molecule has 85 heavy (non-hydrogen) atoms. The van der Waals surface area contributed by atoms with Crippen molar-refractivity contribution in [2.75, 3.05) is 40.9 Å². The van der Waals surface area contributed by atoms with Gasteiger partial charge in [0.2, 0.25) is 5.91 Å². The Hall–Kier alpha value is -3.33. The molecule has 0 saturated carbocycles. The summed E-state index contributed by atoms with van der Waals surface area (Å²) < 4.78 is 30.4. The van der Waals surface area contributed by atoms with Crippen molar-refractivity contribution < 1.29 is 37.3 Å². The van der Waals surface area contributed by atoms with Crippen molar-refractivity contribution in [3.63, 3.8) is 0 Å². The molecule has 0 aromatic carbocycles. The quantitative estimate of drug-likeness (QED) is 0.0212. The number of hydrogen-bond acceptors (Lipinski definition) is 7. The lowest BCUT2D eigenvalue weighted by Gasteiger charge is -2.30. The summed E-state index contributed by atoms with van der Waals surface area (Å²) in [5.41, 5.74) is 0. The van der Waals surface area contributed by atoms with Gasteiger partial charge in [-0.15, -0.1) is 0 Å². The third kappa shape index (κ3) is 65.0. The van der Waals surface area contributed by atoms with E-state index in [9.17, 15) is 19.0 Å². The number of hydrogen-bond donors (Lipinski definition) is 1. The fourth-order valence-electron chi connectivity index (χ4n) is 9.79. The van der Waals surface area contributed by atoms with Gasteiger partial charge in [-0.2, -0.15) is 0 Å². The first-order valence-corrected chi connectivity index (χ1v) is 36.7. The van der Waals surface area contributed by atoms with Crippen molar-refractivity contribution in [3.05, 3.63) is 109 Å². The van der Waals surface area contributed by atoms with Crippen LogP contribution in [0.5, 0.6) is 0 Å². The second-order valence-corrected chi connectivity index (χ2v) is 26.1. The molecule has 3 atom stereocenters. The molecule has 1 N–H and O–H groups in total. The first-order valence-electron chi connectivity index (χ1n) is 35.2. The Labute approximate surface area is 525 Å². The SMILES string of the molecule is CC/C=C\C/C=C\C/C=C\C/C=C\C/C=C\C/C=C\CCCCC(=O)OC(/C=C\CCCCCCCCCCC)C(COP(=O)([O-])OCC[N+](C)(C)C)NC(=O)CCCCCCCCCCCCCCCCCCC/C=C\C/C=C\CCCCC. The van der Waals surface area contributed by atoms with E-state index in [1.165, 1.54) is 167 Å². The zero-order valence-electron chi connectivity index (χ0n) is 56.0. The topological polar surface area (TPSA) is 114 Å². The van der Waals surface area contributed by atoms with Crippen molar-refractivity contribution in [2.24, 2.45) is 0 Å². The fourth-order valence-corrected chi connectivity index (χ4v) is 10.5. The van der Waals surface area contributed by atoms with Crippen LogP contribution in [-0.2, 0) is 27.9 Å². The minimum absolute atomic E-state index is 0.0334. The highest BCUT2D eigenvalue weighted by molar-refractivity contribution is 7.45. The largest absolute Gasteiger partial charge is 0.756 e. The molecular formula is C75H133N2O7P. The molecule has 0 fully saturated rings. The number of nitrogens with zero attached hydrogens (tertiary/aromatic N) is 1. The van der Waals surface area contributed by atoms with Crippen LogP contribution in [-0.4, -0.2) is 69.4 Å². The molecule has 0 aromatic rings. The van der Waals surface area contributed by atoms with E-state index in [2.05, 4.69) is 123 Å². The minimum atomic E-state index is -4.72. The number of phosphoric ester groups is 1. The summed E-state index contributed by atoms with van der Waals surface area (Å²) in [5, 5.41) is 3.03. The molecule has 0 aliphatic heterocycles. The maximum atomic E-state index is 13.6. The van der Waals surface area contributed by atoms with Crippen LogP contribution in [0.2, 0.25) is 0 Å². The number of carbonyl (C=O) groups excluding carboxylic acids is 2. The Morgan fingerprint density at radius 2 is 0.753 bits per heavy atom. The van der Waals surface area contributed by atoms with Gasteiger partial charge in [0.15, 0.2) is 0 Å². The Kier molecular flexibility index (Phi) is 61.2. The van der Waals surface area contributed by atoms with Crippen LogP contribution in [0.1, 0.15) is 303 Å². The Balaban J connectivity index is 5.07. The minimum Gasteiger partial charge on any atom is -0.756 e. The third-order valence-electron chi connectivity index (χ3n) is 15.2. The molecule has 0 aromatic heterocycles. The summed E-state index contributed by atoms with van der Waals surface area (Å²) in [6.07, 6.45) is 88.0. The molecule has 0 spiro atoms. The van der Waals surface area contributed by atoms with E-state index >= 15 is 0 Å². The number of rotatable bonds is 63. The number of likely N-dealkylation sites (N-methyl/N-ethyl adjacent to an activating group) is 1. The first-order chi connectivity index (χ1) is 41.4. The van der Waals surface area contributed by atoms with Crippen molar-refractivity contribution in [1.29, 1.82) is 0 Å². The standard InChI is InChI=1S/C75H133N2O7P/c1-7-10-13-16-19-22-25-27-29-31-33-35-36-37-38-39-40-42-43-45-47-49-52-55-58-61-64-67-74(78)76-72(71-83-85(80,81)82-70-69-77(4,5)6)73(66-63-60-57-54-51-24-21-18-15-12-9-3)84-75(79)68-65-62-59-56-53-50-48-46-44-41-34-32-30-28-26-23-20-17-14-11-8-2/h11,14,19-20,22-23,27-30,34,41,46,48,53,56,63,66,72-73H,7-10,12-13,15-18,21,24-26,31-33,35-40,42-45,47,49-52,54-55,57-62,64-65,67-71H2,1-6H3,(H-,76,78,80,81)/b14-11-,22-19-,23-20-,29-27-,30-28-,41-34-,48-46-,56-53-,66-63-. The van der Waals surface area contributed by atoms with E-state index in [0.717, 1.165) is 96.3 Å². The van der Waals surface area contributed by atoms with Gasteiger partial charge in [0.05, 0.1) is 33.8 Å². The Morgan fingerprint density at radius 1 is 0.424 bits per heavy atom. The van der Waals surface area contributed by atoms with Gasteiger partial charge in [0, 0.05) is 12.8 Å². The van der Waals surface area contributed by atoms with Crippen LogP contribution in [0.4, 0.5) is 0 Å². The highest BCUT2D eigenvalue weighted by atomic mass is 31.2. The zero-order chi connectivity index (χ0) is 62.1. The highest BCUT2D eigenvalue weighted by Gasteiger charge is 2.27. The molecule has 490 valence electrons. The molecule has 0 heterocycles. The van der Waals surface area contributed by atoms with Gasteiger partial charge in [-0.25, -0.2) is 0 Å². The maximum Gasteiger partial charge on any atom is 0.306 e. The average molecular weight is 1210 g/mol. The molecular weight excluding hydrogens is 1070 g/mol. The van der Waals surface area contributed by atoms with Crippen LogP contribution < -0.4 is 10.2 Å². The number of quaternary nitrogens is 1. The van der Waals surface area contributed by atoms with Gasteiger partial charge in [-0.05, 0) is 115 Å². The molecule has 3 unspecified atom stereocenters. The number of nitrogens with one attached hydrogen (secondary N) is 1. The molecule has 9 nitrogen and oxygen atoms in total. The predicted molar refractivity (Wildman–Crippen MR) is 367 cm³/mol. The van der Waals surface area contributed by atoms with Crippen molar-refractivity contribution in [1.82, 2.24) is 5.32 Å². The van der Waals surface area contributed by atoms with Gasteiger partial charge >= 0.3 is 5.97 Å². The number of esters is 1. The van der Waals surface area contributed by atoms with Crippen molar-refractivity contribution >= 4 is 19.7 Å². The van der Waals surface area contributed by atoms with E-state index in [1.54, 1.807) is 0 Å². The summed E-state index contributed by atoms with van der Waals surface area (Å²) >= 11 is 0. The van der Waals surface area contributed by atoms with Crippen LogP contribution >= 0.6 is 7.82 Å². The Morgan fingerprint density at radius 3 is 1.16 bits per heavy atom. The van der Waals surface area contributed by atoms with Crippen LogP contribution in [0, 0.1) is 0 Å². The van der Waals surface area contributed by atoms with Crippen molar-refractivity contribution in [3.8, 4) is 0 Å². The highest BCUT2D eigenvalue weighted by Crippen LogP contribution is 2.38. The molecule has 0 rings (SSSR count). The fraction of sp³-hybridized carbons (Fsp3) is 0.733. The van der Waals surface area contributed by atoms with Crippen LogP contribution in [0.3, 0.4) is 0 Å². The average Bonchev–Trinajstić information content (AvgIpc) is 3.63. The van der Waals surface area contributed by atoms with Gasteiger partial charge in [-0.1, -0.05) is 285 Å². The molecule has 0 aliphatic rings. The number of amides is 1. The van der Waals surface area contributed by atoms with Crippen molar-refractivity contribution in [2.45, 2.75) is 315 Å². The predicted octanol–water partition coefficient (Wildman–Crippen LogP) is 21.8. The maximum absolute atomic E-state index is 13.6. The normalized spacial score (nSPS) is 14.2. The first kappa shape index (κ1) is 81.7. The molecule has 1 amide bonds. The van der Waals surface area contributed by atoms with Gasteiger partial charge in [-0.3, -0.25) is 14.2 Å². The summed E-state index contributed by atoms with van der Waals surface area (Å²) in [4.78, 5) is 40.1. The second kappa shape index (κ2) is 63.7. The summed E-state index contributed by atoms with van der Waals surface area (Å²) in [5.74, 6) is -0.590. The van der Waals surface area contributed by atoms with Crippen LogP contribution in [0.25, 0.3) is 0 Å². The lowest BCUT2D eigenvalue weighted by molar-refractivity contribution is -0.870.